The van der Waals surface area contributed by atoms with Crippen LogP contribution in [0, 0.1) is 11.3 Å². The summed E-state index contributed by atoms with van der Waals surface area (Å²) < 4.78 is 25.5. The Bertz CT molecular complexity index is 397. The Labute approximate surface area is 88.3 Å². The SMILES string of the molecule is CC(C)(C)c1ccc(C#N)cc1C(F)F. The molecule has 0 N–H and O–H groups in total. The van der Waals surface area contributed by atoms with Crippen molar-refractivity contribution in [1.29, 1.82) is 5.26 Å². The van der Waals surface area contributed by atoms with E-state index in [9.17, 15) is 8.78 Å². The lowest BCUT2D eigenvalue weighted by molar-refractivity contribution is 0.149. The first-order valence-electron chi connectivity index (χ1n) is 4.69. The molecular formula is C12H13F2N. The molecule has 1 rings (SSSR count). The fraction of sp³-hybridized carbons (Fsp3) is 0.417. The molecule has 15 heavy (non-hydrogen) atoms. The second-order valence-corrected chi connectivity index (χ2v) is 4.46. The minimum atomic E-state index is -2.53. The molecule has 0 saturated heterocycles. The molecule has 0 aliphatic rings. The maximum absolute atomic E-state index is 12.8. The van der Waals surface area contributed by atoms with Crippen LogP contribution in [0.4, 0.5) is 8.78 Å². The molecule has 0 saturated carbocycles. The molecule has 0 heterocycles. The van der Waals surface area contributed by atoms with Crippen LogP contribution in [0.15, 0.2) is 18.2 Å². The zero-order valence-corrected chi connectivity index (χ0v) is 9.01. The van der Waals surface area contributed by atoms with Gasteiger partial charge in [0.1, 0.15) is 0 Å². The highest BCUT2D eigenvalue weighted by molar-refractivity contribution is 5.41. The first kappa shape index (κ1) is 11.6. The van der Waals surface area contributed by atoms with Crippen molar-refractivity contribution in [2.45, 2.75) is 32.6 Å². The summed E-state index contributed by atoms with van der Waals surface area (Å²) in [6, 6.07) is 6.32. The fourth-order valence-electron chi connectivity index (χ4n) is 1.50. The Hall–Kier alpha value is -1.43. The van der Waals surface area contributed by atoms with Gasteiger partial charge in [0.2, 0.25) is 0 Å². The molecule has 0 fully saturated rings. The van der Waals surface area contributed by atoms with E-state index in [2.05, 4.69) is 0 Å². The van der Waals surface area contributed by atoms with Crippen LogP contribution in [0.1, 0.15) is 43.9 Å². The molecule has 0 atom stereocenters. The third kappa shape index (κ3) is 2.53. The maximum Gasteiger partial charge on any atom is 0.264 e. The van der Waals surface area contributed by atoms with Crippen molar-refractivity contribution in [3.8, 4) is 6.07 Å². The molecule has 0 aliphatic heterocycles. The monoisotopic (exact) mass is 209 g/mol. The second-order valence-electron chi connectivity index (χ2n) is 4.46. The van der Waals surface area contributed by atoms with E-state index in [1.54, 1.807) is 12.1 Å². The summed E-state index contributed by atoms with van der Waals surface area (Å²) >= 11 is 0. The summed E-state index contributed by atoms with van der Waals surface area (Å²) in [5, 5.41) is 8.64. The maximum atomic E-state index is 12.8. The van der Waals surface area contributed by atoms with E-state index >= 15 is 0 Å². The van der Waals surface area contributed by atoms with E-state index in [0.29, 0.717) is 5.56 Å². The second kappa shape index (κ2) is 3.98. The molecule has 1 nitrogen and oxygen atoms in total. The zero-order valence-electron chi connectivity index (χ0n) is 9.01. The lowest BCUT2D eigenvalue weighted by Crippen LogP contribution is -2.14. The van der Waals surface area contributed by atoms with Crippen molar-refractivity contribution in [2.75, 3.05) is 0 Å². The largest absolute Gasteiger partial charge is 0.264 e. The van der Waals surface area contributed by atoms with Crippen LogP contribution in [-0.2, 0) is 5.41 Å². The van der Waals surface area contributed by atoms with Gasteiger partial charge in [0.05, 0.1) is 11.6 Å². The van der Waals surface area contributed by atoms with Crippen molar-refractivity contribution in [1.82, 2.24) is 0 Å². The Balaban J connectivity index is 3.36. The quantitative estimate of drug-likeness (QED) is 0.690. The number of alkyl halides is 2. The molecule has 0 amide bonds. The van der Waals surface area contributed by atoms with Crippen LogP contribution in [0.25, 0.3) is 0 Å². The first-order chi connectivity index (χ1) is 6.86. The summed E-state index contributed by atoms with van der Waals surface area (Å²) in [5.74, 6) is 0. The van der Waals surface area contributed by atoms with E-state index in [4.69, 9.17) is 5.26 Å². The van der Waals surface area contributed by atoms with Gasteiger partial charge in [-0.05, 0) is 23.1 Å². The van der Waals surface area contributed by atoms with Crippen LogP contribution in [0.2, 0.25) is 0 Å². The van der Waals surface area contributed by atoms with E-state index in [1.165, 1.54) is 6.07 Å². The van der Waals surface area contributed by atoms with Crippen LogP contribution >= 0.6 is 0 Å². The van der Waals surface area contributed by atoms with Gasteiger partial charge in [-0.2, -0.15) is 5.26 Å². The number of nitriles is 1. The number of nitrogens with zero attached hydrogens (tertiary/aromatic N) is 1. The van der Waals surface area contributed by atoms with Crippen LogP contribution in [0.3, 0.4) is 0 Å². The Morgan fingerprint density at radius 1 is 1.27 bits per heavy atom. The van der Waals surface area contributed by atoms with Gasteiger partial charge in [-0.1, -0.05) is 26.8 Å². The van der Waals surface area contributed by atoms with Gasteiger partial charge in [-0.25, -0.2) is 8.78 Å². The number of halogens is 2. The smallest absolute Gasteiger partial charge is 0.205 e. The Kier molecular flexibility index (Phi) is 3.09. The van der Waals surface area contributed by atoms with Crippen molar-refractivity contribution in [2.24, 2.45) is 0 Å². The van der Waals surface area contributed by atoms with Crippen LogP contribution in [0.5, 0.6) is 0 Å². The molecule has 0 radical (unpaired) electrons. The lowest BCUT2D eigenvalue weighted by atomic mass is 9.83. The van der Waals surface area contributed by atoms with Crippen molar-refractivity contribution < 1.29 is 8.78 Å². The summed E-state index contributed by atoms with van der Waals surface area (Å²) in [6.45, 7) is 5.63. The van der Waals surface area contributed by atoms with Crippen molar-refractivity contribution in [3.63, 3.8) is 0 Å². The standard InChI is InChI=1S/C12H13F2N/c1-12(2,3)10-5-4-8(7-15)6-9(10)11(13)14/h4-6,11H,1-3H3. The molecule has 0 aromatic heterocycles. The minimum absolute atomic E-state index is 0.0402. The molecule has 0 bridgehead atoms. The third-order valence-electron chi connectivity index (χ3n) is 2.22. The number of hydrogen-bond donors (Lipinski definition) is 0. The van der Waals surface area contributed by atoms with Gasteiger partial charge < -0.3 is 0 Å². The normalized spacial score (nSPS) is 11.5. The van der Waals surface area contributed by atoms with E-state index < -0.39 is 6.43 Å². The van der Waals surface area contributed by atoms with Gasteiger partial charge >= 0.3 is 0 Å². The molecule has 1 aromatic rings. The Morgan fingerprint density at radius 3 is 2.27 bits per heavy atom. The number of benzene rings is 1. The van der Waals surface area contributed by atoms with Gasteiger partial charge in [-0.3, -0.25) is 0 Å². The van der Waals surface area contributed by atoms with E-state index in [1.807, 2.05) is 26.8 Å². The minimum Gasteiger partial charge on any atom is -0.205 e. The topological polar surface area (TPSA) is 23.8 Å². The third-order valence-corrected chi connectivity index (χ3v) is 2.22. The molecule has 0 spiro atoms. The van der Waals surface area contributed by atoms with Gasteiger partial charge in [0, 0.05) is 5.56 Å². The van der Waals surface area contributed by atoms with E-state index in [-0.39, 0.29) is 16.5 Å². The molecule has 0 unspecified atom stereocenters. The summed E-state index contributed by atoms with van der Waals surface area (Å²) in [7, 11) is 0. The molecule has 1 aromatic carbocycles. The highest BCUT2D eigenvalue weighted by atomic mass is 19.3. The fourth-order valence-corrected chi connectivity index (χ4v) is 1.50. The number of rotatable bonds is 1. The highest BCUT2D eigenvalue weighted by Crippen LogP contribution is 2.32. The summed E-state index contributed by atoms with van der Waals surface area (Å²) in [5.41, 5.74) is 0.496. The van der Waals surface area contributed by atoms with Crippen molar-refractivity contribution in [3.05, 3.63) is 34.9 Å². The van der Waals surface area contributed by atoms with Crippen LogP contribution in [-0.4, -0.2) is 0 Å². The van der Waals surface area contributed by atoms with E-state index in [0.717, 1.165) is 0 Å². The molecule has 3 heteroatoms. The lowest BCUT2D eigenvalue weighted by Gasteiger charge is -2.22. The molecule has 80 valence electrons. The number of hydrogen-bond acceptors (Lipinski definition) is 1. The van der Waals surface area contributed by atoms with Gasteiger partial charge in [0.15, 0.2) is 0 Å². The van der Waals surface area contributed by atoms with Gasteiger partial charge in [-0.15, -0.1) is 0 Å². The average molecular weight is 209 g/mol. The Morgan fingerprint density at radius 2 is 1.87 bits per heavy atom. The van der Waals surface area contributed by atoms with Crippen molar-refractivity contribution >= 4 is 0 Å². The summed E-state index contributed by atoms with van der Waals surface area (Å²) in [6.07, 6.45) is -2.53. The van der Waals surface area contributed by atoms with Crippen LogP contribution < -0.4 is 0 Å². The molecular weight excluding hydrogens is 196 g/mol. The zero-order chi connectivity index (χ0) is 11.6. The predicted molar refractivity (Wildman–Crippen MR) is 54.8 cm³/mol. The summed E-state index contributed by atoms with van der Waals surface area (Å²) in [4.78, 5) is 0. The average Bonchev–Trinajstić information content (AvgIpc) is 2.15. The predicted octanol–water partition coefficient (Wildman–Crippen LogP) is 3.79. The molecule has 0 aliphatic carbocycles. The van der Waals surface area contributed by atoms with Gasteiger partial charge in [0.25, 0.3) is 6.43 Å². The highest BCUT2D eigenvalue weighted by Gasteiger charge is 2.22. The first-order valence-corrected chi connectivity index (χ1v) is 4.69.